The van der Waals surface area contributed by atoms with Crippen LogP contribution in [-0.2, 0) is 11.2 Å². The van der Waals surface area contributed by atoms with Gasteiger partial charge >= 0.3 is 12.0 Å². The fourth-order valence-electron chi connectivity index (χ4n) is 5.24. The third-order valence-electron chi connectivity index (χ3n) is 7.56. The Balaban J connectivity index is 1.76. The van der Waals surface area contributed by atoms with Crippen molar-refractivity contribution in [3.05, 3.63) is 64.7 Å². The van der Waals surface area contributed by atoms with Crippen LogP contribution in [0.4, 0.5) is 4.79 Å². The van der Waals surface area contributed by atoms with Crippen LogP contribution in [0.1, 0.15) is 58.3 Å². The average Bonchev–Trinajstić information content (AvgIpc) is 3.62. The van der Waals surface area contributed by atoms with Crippen LogP contribution in [0.15, 0.2) is 53.5 Å². The Hall–Kier alpha value is -4.36. The van der Waals surface area contributed by atoms with Gasteiger partial charge < -0.3 is 26.8 Å². The fraction of sp³-hybridized carbons (Fsp3) is 0.400. The van der Waals surface area contributed by atoms with Gasteiger partial charge in [0.1, 0.15) is 6.04 Å². The number of ketones is 1. The maximum Gasteiger partial charge on any atom is 0.335 e. The molecule has 6 N–H and O–H groups in total. The van der Waals surface area contributed by atoms with Crippen molar-refractivity contribution in [2.75, 3.05) is 20.1 Å². The largest absolute Gasteiger partial charge is 0.478 e. The number of thiazole rings is 1. The summed E-state index contributed by atoms with van der Waals surface area (Å²) in [6, 6.07) is 11.2. The Morgan fingerprint density at radius 1 is 1.19 bits per heavy atom. The molecule has 1 aliphatic rings. The molecule has 4 rings (SSSR count). The van der Waals surface area contributed by atoms with Gasteiger partial charge in [0.15, 0.2) is 11.0 Å². The number of aromatic nitrogens is 1. The van der Waals surface area contributed by atoms with E-state index in [4.69, 9.17) is 11.5 Å². The molecule has 12 nitrogen and oxygen atoms in total. The zero-order valence-corrected chi connectivity index (χ0v) is 25.0. The van der Waals surface area contributed by atoms with Crippen LogP contribution < -0.4 is 16.8 Å². The number of nitrogens with one attached hydrogen (secondary N) is 1. The number of fused-ring (bicyclic) bond motifs is 1. The molecule has 0 aliphatic carbocycles. The number of carbonyl (C=O) groups excluding carboxylic acids is 3. The van der Waals surface area contributed by atoms with Gasteiger partial charge in [0.05, 0.1) is 21.8 Å². The molecule has 3 atom stereocenters. The Labute approximate surface area is 253 Å². The van der Waals surface area contributed by atoms with Crippen molar-refractivity contribution in [3.8, 4) is 0 Å². The van der Waals surface area contributed by atoms with E-state index in [0.717, 1.165) is 34.6 Å². The highest BCUT2D eigenvalue weighted by Gasteiger charge is 2.42. The summed E-state index contributed by atoms with van der Waals surface area (Å²) in [7, 11) is 1.65. The minimum Gasteiger partial charge on any atom is -0.478 e. The van der Waals surface area contributed by atoms with Crippen LogP contribution in [0.5, 0.6) is 0 Å². The molecule has 13 heteroatoms. The smallest absolute Gasteiger partial charge is 0.335 e. The quantitative estimate of drug-likeness (QED) is 0.104. The molecule has 0 radical (unpaired) electrons. The summed E-state index contributed by atoms with van der Waals surface area (Å²) in [6.45, 7) is 2.60. The van der Waals surface area contributed by atoms with Gasteiger partial charge in [0.25, 0.3) is 0 Å². The number of carboxylic acids is 1. The number of nitrogens with two attached hydrogens (primary N) is 2. The van der Waals surface area contributed by atoms with E-state index >= 15 is 0 Å². The molecule has 43 heavy (non-hydrogen) atoms. The summed E-state index contributed by atoms with van der Waals surface area (Å²) < 4.78 is 0.511. The lowest BCUT2D eigenvalue weighted by molar-refractivity contribution is -0.132. The molecule has 2 heterocycles. The van der Waals surface area contributed by atoms with Crippen LogP contribution in [0.3, 0.4) is 0 Å². The van der Waals surface area contributed by atoms with E-state index < -0.39 is 35.8 Å². The van der Waals surface area contributed by atoms with E-state index in [2.05, 4.69) is 15.3 Å². The number of nitrogens with zero attached hydrogens (tertiary/aromatic N) is 4. The van der Waals surface area contributed by atoms with Crippen LogP contribution in [-0.4, -0.2) is 87.8 Å². The number of rotatable bonds is 12. The Morgan fingerprint density at radius 3 is 2.56 bits per heavy atom. The van der Waals surface area contributed by atoms with Crippen LogP contribution >= 0.6 is 11.3 Å². The van der Waals surface area contributed by atoms with Gasteiger partial charge in [0, 0.05) is 19.1 Å². The minimum atomic E-state index is -1.19. The van der Waals surface area contributed by atoms with Gasteiger partial charge in [-0.25, -0.2) is 14.6 Å². The summed E-state index contributed by atoms with van der Waals surface area (Å²) in [5, 5.41) is 12.5. The highest BCUT2D eigenvalue weighted by atomic mass is 32.1. The number of benzene rings is 2. The van der Waals surface area contributed by atoms with Crippen molar-refractivity contribution in [1.82, 2.24) is 20.1 Å². The predicted molar refractivity (Wildman–Crippen MR) is 165 cm³/mol. The highest BCUT2D eigenvalue weighted by molar-refractivity contribution is 7.20. The molecule has 3 amide bonds. The van der Waals surface area contributed by atoms with Crippen molar-refractivity contribution in [2.45, 2.75) is 57.2 Å². The fourth-order valence-corrected chi connectivity index (χ4v) is 6.24. The van der Waals surface area contributed by atoms with E-state index in [-0.39, 0.29) is 35.5 Å². The molecular formula is C30H37N7O5S. The van der Waals surface area contributed by atoms with Gasteiger partial charge in [-0.3, -0.25) is 19.5 Å². The Morgan fingerprint density at radius 2 is 1.93 bits per heavy atom. The van der Waals surface area contributed by atoms with Crippen LogP contribution in [0.2, 0.25) is 0 Å². The van der Waals surface area contributed by atoms with Gasteiger partial charge in [-0.1, -0.05) is 30.3 Å². The number of aliphatic imine (C=N–C) groups is 1. The molecule has 3 aromatic rings. The molecule has 1 saturated heterocycles. The van der Waals surface area contributed by atoms with Gasteiger partial charge in [-0.15, -0.1) is 11.3 Å². The second-order valence-corrected chi connectivity index (χ2v) is 11.6. The second kappa shape index (κ2) is 14.2. The second-order valence-electron chi connectivity index (χ2n) is 10.5. The van der Waals surface area contributed by atoms with E-state index in [1.807, 2.05) is 37.3 Å². The summed E-state index contributed by atoms with van der Waals surface area (Å²) in [5.41, 5.74) is 12.4. The lowest BCUT2D eigenvalue weighted by Crippen LogP contribution is -2.59. The lowest BCUT2D eigenvalue weighted by atomic mass is 10.0. The van der Waals surface area contributed by atoms with E-state index in [0.29, 0.717) is 29.6 Å². The van der Waals surface area contributed by atoms with Crippen molar-refractivity contribution >= 4 is 51.2 Å². The van der Waals surface area contributed by atoms with Crippen molar-refractivity contribution in [2.24, 2.45) is 16.5 Å². The maximum absolute atomic E-state index is 14.3. The maximum atomic E-state index is 14.3. The first kappa shape index (κ1) is 31.6. The molecule has 0 spiro atoms. The summed E-state index contributed by atoms with van der Waals surface area (Å²) in [6.07, 6.45) is 2.32. The van der Waals surface area contributed by atoms with E-state index in [9.17, 15) is 24.3 Å². The first-order valence-corrected chi connectivity index (χ1v) is 15.0. The molecule has 1 aliphatic heterocycles. The molecule has 0 saturated carbocycles. The molecule has 2 aromatic carbocycles. The molecule has 0 bridgehead atoms. The third kappa shape index (κ3) is 7.54. The highest BCUT2D eigenvalue weighted by Crippen LogP contribution is 2.28. The van der Waals surface area contributed by atoms with Crippen molar-refractivity contribution < 1.29 is 24.3 Å². The summed E-state index contributed by atoms with van der Waals surface area (Å²) in [5.74, 6) is -2.23. The molecule has 1 fully saturated rings. The number of aromatic carboxylic acids is 1. The van der Waals surface area contributed by atoms with Crippen LogP contribution in [0.25, 0.3) is 10.2 Å². The summed E-state index contributed by atoms with van der Waals surface area (Å²) >= 11 is 1.03. The van der Waals surface area contributed by atoms with Crippen LogP contribution in [0, 0.1) is 0 Å². The summed E-state index contributed by atoms with van der Waals surface area (Å²) in [4.78, 5) is 65.4. The number of guanidine groups is 1. The molecular weight excluding hydrogens is 570 g/mol. The average molecular weight is 608 g/mol. The SMILES string of the molecule is CN[C@H](Cc1ccccc1)C(=O)N(C(=O)N1CCC[C@H]1C)C(CCCN=C(N)N)C(=O)c1nc2ccc(C(=O)O)cc2s1. The number of urea groups is 1. The monoisotopic (exact) mass is 607 g/mol. The van der Waals surface area contributed by atoms with Gasteiger partial charge in [0.2, 0.25) is 11.7 Å². The lowest BCUT2D eigenvalue weighted by Gasteiger charge is -2.36. The normalized spacial score (nSPS) is 16.0. The number of imide groups is 1. The van der Waals surface area contributed by atoms with Gasteiger partial charge in [-0.05, 0) is 69.8 Å². The Kier molecular flexibility index (Phi) is 10.4. The standard InChI is InChI=1S/C30H37N7O5S/c1-18-8-7-15-36(18)30(42)37(27(39)22(33-2)16-19-9-4-3-5-10-19)23(11-6-14-34-29(31)32)25(38)26-35-21-13-12-20(28(40)41)17-24(21)43-26/h3-5,9-10,12-13,17-18,22-23,33H,6-8,11,14-16H2,1-2H3,(H,40,41)(H4,31,32,34)/t18-,22-,23?/m1/s1. The molecule has 1 aromatic heterocycles. The number of likely N-dealkylation sites (N-methyl/N-ethyl adjacent to an activating group) is 1. The van der Waals surface area contributed by atoms with Crippen molar-refractivity contribution in [1.29, 1.82) is 0 Å². The first-order chi connectivity index (χ1) is 20.6. The Bertz CT molecular complexity index is 1510. The number of carbonyl (C=O) groups is 4. The third-order valence-corrected chi connectivity index (χ3v) is 8.59. The number of amides is 3. The molecule has 228 valence electrons. The van der Waals surface area contributed by atoms with Crippen molar-refractivity contribution in [3.63, 3.8) is 0 Å². The zero-order chi connectivity index (χ0) is 31.1. The van der Waals surface area contributed by atoms with Gasteiger partial charge in [-0.2, -0.15) is 0 Å². The number of hydrogen-bond donors (Lipinski definition) is 4. The number of likely N-dealkylation sites (tertiary alicyclic amines) is 1. The zero-order valence-electron chi connectivity index (χ0n) is 24.2. The number of Topliss-reactive ketones (excluding diaryl/α,β-unsaturated/α-hetero) is 1. The van der Waals surface area contributed by atoms with E-state index in [1.54, 1.807) is 11.9 Å². The minimum absolute atomic E-state index is 0.0664. The topological polar surface area (TPSA) is 184 Å². The molecule has 1 unspecified atom stereocenters. The van der Waals surface area contributed by atoms with E-state index in [1.165, 1.54) is 18.2 Å². The first-order valence-electron chi connectivity index (χ1n) is 14.2. The predicted octanol–water partition coefficient (Wildman–Crippen LogP) is 2.86. The number of carboxylic acid groups (broad SMARTS) is 1. The number of hydrogen-bond acceptors (Lipinski definition) is 8.